The zero-order chi connectivity index (χ0) is 19.0. The molecule has 4 rings (SSSR count). The summed E-state index contributed by atoms with van der Waals surface area (Å²) >= 11 is 0. The van der Waals surface area contributed by atoms with Gasteiger partial charge in [-0.1, -0.05) is 37.3 Å². The average molecular weight is 361 g/mol. The van der Waals surface area contributed by atoms with Crippen molar-refractivity contribution in [3.05, 3.63) is 77.0 Å². The predicted octanol–water partition coefficient (Wildman–Crippen LogP) is 3.61. The molecule has 136 valence electrons. The lowest BCUT2D eigenvalue weighted by atomic mass is 9.87. The number of fused-ring (bicyclic) bond motifs is 1. The summed E-state index contributed by atoms with van der Waals surface area (Å²) in [6, 6.07) is 14.7. The summed E-state index contributed by atoms with van der Waals surface area (Å²) in [7, 11) is 0. The van der Waals surface area contributed by atoms with Gasteiger partial charge in [-0.25, -0.2) is 9.48 Å². The fourth-order valence-electron chi connectivity index (χ4n) is 3.57. The van der Waals surface area contributed by atoms with E-state index in [1.165, 1.54) is 0 Å². The number of aromatic carboxylic acids is 1. The predicted molar refractivity (Wildman–Crippen MR) is 101 cm³/mol. The summed E-state index contributed by atoms with van der Waals surface area (Å²) in [6.45, 7) is 2.08. The average Bonchev–Trinajstić information content (AvgIpc) is 3.10. The monoisotopic (exact) mass is 361 g/mol. The standard InChI is InChI=1S/C21H19N3O3/c1-2-13-5-3-4-6-18(13)24-20-17(12-22-24)16(11-19(25)23-20)14-7-9-15(10-8-14)21(26)27/h3-10,12,16H,2,11H2,1H3,(H,23,25)(H,26,27). The highest BCUT2D eigenvalue weighted by molar-refractivity contribution is 5.95. The molecule has 2 heterocycles. The zero-order valence-electron chi connectivity index (χ0n) is 14.8. The highest BCUT2D eigenvalue weighted by atomic mass is 16.4. The maximum Gasteiger partial charge on any atom is 0.335 e. The number of aromatic nitrogens is 2. The Kier molecular flexibility index (Phi) is 4.24. The molecule has 3 aromatic rings. The molecule has 1 aromatic heterocycles. The zero-order valence-corrected chi connectivity index (χ0v) is 14.8. The quantitative estimate of drug-likeness (QED) is 0.743. The molecule has 0 bridgehead atoms. The van der Waals surface area contributed by atoms with Crippen molar-refractivity contribution in [1.82, 2.24) is 9.78 Å². The fourth-order valence-corrected chi connectivity index (χ4v) is 3.57. The number of carbonyl (C=O) groups is 2. The third kappa shape index (κ3) is 2.99. The van der Waals surface area contributed by atoms with Crippen molar-refractivity contribution in [2.45, 2.75) is 25.7 Å². The molecular weight excluding hydrogens is 342 g/mol. The van der Waals surface area contributed by atoms with Gasteiger partial charge < -0.3 is 10.4 Å². The second kappa shape index (κ2) is 6.72. The molecule has 1 atom stereocenters. The maximum atomic E-state index is 12.4. The van der Waals surface area contributed by atoms with E-state index < -0.39 is 5.97 Å². The normalized spacial score (nSPS) is 15.9. The van der Waals surface area contributed by atoms with E-state index in [2.05, 4.69) is 23.4 Å². The summed E-state index contributed by atoms with van der Waals surface area (Å²) in [6.07, 6.45) is 2.95. The Morgan fingerprint density at radius 1 is 1.22 bits per heavy atom. The van der Waals surface area contributed by atoms with Crippen LogP contribution in [0.3, 0.4) is 0 Å². The minimum Gasteiger partial charge on any atom is -0.478 e. The highest BCUT2D eigenvalue weighted by Gasteiger charge is 2.30. The van der Waals surface area contributed by atoms with E-state index in [1.54, 1.807) is 35.1 Å². The van der Waals surface area contributed by atoms with Gasteiger partial charge in [-0.2, -0.15) is 5.10 Å². The number of para-hydroxylation sites is 1. The molecule has 6 heteroatoms. The van der Waals surface area contributed by atoms with Gasteiger partial charge >= 0.3 is 5.97 Å². The number of benzene rings is 2. The number of aryl methyl sites for hydroxylation is 1. The summed E-state index contributed by atoms with van der Waals surface area (Å²) in [5.74, 6) is -0.517. The Balaban J connectivity index is 1.79. The van der Waals surface area contributed by atoms with Crippen LogP contribution in [0.1, 0.15) is 46.3 Å². The second-order valence-corrected chi connectivity index (χ2v) is 6.57. The minimum atomic E-state index is -0.965. The van der Waals surface area contributed by atoms with Crippen molar-refractivity contribution in [3.8, 4) is 5.69 Å². The van der Waals surface area contributed by atoms with Gasteiger partial charge in [-0.05, 0) is 35.7 Å². The van der Waals surface area contributed by atoms with Crippen molar-refractivity contribution in [1.29, 1.82) is 0 Å². The largest absolute Gasteiger partial charge is 0.478 e. The van der Waals surface area contributed by atoms with Crippen LogP contribution in [0.5, 0.6) is 0 Å². The Hall–Kier alpha value is -3.41. The van der Waals surface area contributed by atoms with E-state index in [1.807, 2.05) is 18.2 Å². The van der Waals surface area contributed by atoms with Crippen LogP contribution in [0.4, 0.5) is 5.82 Å². The minimum absolute atomic E-state index is 0.0782. The van der Waals surface area contributed by atoms with Crippen LogP contribution < -0.4 is 5.32 Å². The fraction of sp³-hybridized carbons (Fsp3) is 0.190. The van der Waals surface area contributed by atoms with E-state index in [-0.39, 0.29) is 17.4 Å². The molecule has 0 aliphatic carbocycles. The number of carboxylic acid groups (broad SMARTS) is 1. The number of nitrogens with zero attached hydrogens (tertiary/aromatic N) is 2. The first-order chi connectivity index (χ1) is 13.1. The van der Waals surface area contributed by atoms with Crippen molar-refractivity contribution < 1.29 is 14.7 Å². The van der Waals surface area contributed by atoms with Gasteiger partial charge in [0.1, 0.15) is 5.82 Å². The Morgan fingerprint density at radius 3 is 2.67 bits per heavy atom. The number of rotatable bonds is 4. The summed E-state index contributed by atoms with van der Waals surface area (Å²) in [5.41, 5.74) is 4.16. The molecule has 2 aromatic carbocycles. The third-order valence-corrected chi connectivity index (χ3v) is 4.98. The van der Waals surface area contributed by atoms with E-state index >= 15 is 0 Å². The first-order valence-electron chi connectivity index (χ1n) is 8.87. The molecule has 0 radical (unpaired) electrons. The van der Waals surface area contributed by atoms with Gasteiger partial charge in [-0.3, -0.25) is 4.79 Å². The van der Waals surface area contributed by atoms with Crippen LogP contribution in [0.15, 0.2) is 54.7 Å². The van der Waals surface area contributed by atoms with Crippen molar-refractivity contribution in [2.24, 2.45) is 0 Å². The van der Waals surface area contributed by atoms with Crippen LogP contribution in [0.2, 0.25) is 0 Å². The number of hydrogen-bond donors (Lipinski definition) is 2. The van der Waals surface area contributed by atoms with E-state index in [0.29, 0.717) is 12.2 Å². The molecule has 1 aliphatic rings. The lowest BCUT2D eigenvalue weighted by molar-refractivity contribution is -0.116. The molecule has 0 spiro atoms. The Bertz CT molecular complexity index is 1020. The van der Waals surface area contributed by atoms with Crippen molar-refractivity contribution in [2.75, 3.05) is 5.32 Å². The highest BCUT2D eigenvalue weighted by Crippen LogP contribution is 2.38. The Labute approximate surface area is 156 Å². The molecule has 1 unspecified atom stereocenters. The SMILES string of the molecule is CCc1ccccc1-n1ncc2c1NC(=O)CC2c1ccc(C(=O)O)cc1. The molecule has 0 fully saturated rings. The summed E-state index contributed by atoms with van der Waals surface area (Å²) in [5, 5.41) is 16.6. The summed E-state index contributed by atoms with van der Waals surface area (Å²) < 4.78 is 1.78. The summed E-state index contributed by atoms with van der Waals surface area (Å²) in [4.78, 5) is 23.5. The van der Waals surface area contributed by atoms with E-state index in [0.717, 1.165) is 28.8 Å². The lowest BCUT2D eigenvalue weighted by Crippen LogP contribution is -2.24. The molecule has 2 N–H and O–H groups in total. The molecule has 1 aliphatic heterocycles. The molecule has 27 heavy (non-hydrogen) atoms. The van der Waals surface area contributed by atoms with E-state index in [4.69, 9.17) is 5.11 Å². The first kappa shape index (κ1) is 17.0. The third-order valence-electron chi connectivity index (χ3n) is 4.98. The number of amides is 1. The number of nitrogens with one attached hydrogen (secondary N) is 1. The van der Waals surface area contributed by atoms with Gasteiger partial charge in [-0.15, -0.1) is 0 Å². The van der Waals surface area contributed by atoms with Crippen LogP contribution in [-0.2, 0) is 11.2 Å². The van der Waals surface area contributed by atoms with Crippen molar-refractivity contribution >= 4 is 17.7 Å². The number of hydrogen-bond acceptors (Lipinski definition) is 3. The van der Waals surface area contributed by atoms with Crippen molar-refractivity contribution in [3.63, 3.8) is 0 Å². The second-order valence-electron chi connectivity index (χ2n) is 6.57. The molecule has 1 amide bonds. The van der Waals surface area contributed by atoms with Crippen LogP contribution in [0.25, 0.3) is 5.69 Å². The van der Waals surface area contributed by atoms with Crippen LogP contribution in [-0.4, -0.2) is 26.8 Å². The number of anilines is 1. The van der Waals surface area contributed by atoms with Gasteiger partial charge in [0.15, 0.2) is 0 Å². The lowest BCUT2D eigenvalue weighted by Gasteiger charge is -2.24. The van der Waals surface area contributed by atoms with Gasteiger partial charge in [0.25, 0.3) is 0 Å². The maximum absolute atomic E-state index is 12.4. The Morgan fingerprint density at radius 2 is 1.96 bits per heavy atom. The molecule has 0 saturated carbocycles. The van der Waals surface area contributed by atoms with Gasteiger partial charge in [0.2, 0.25) is 5.91 Å². The number of carbonyl (C=O) groups excluding carboxylic acids is 1. The molecule has 6 nitrogen and oxygen atoms in total. The molecule has 0 saturated heterocycles. The first-order valence-corrected chi connectivity index (χ1v) is 8.87. The van der Waals surface area contributed by atoms with Crippen LogP contribution >= 0.6 is 0 Å². The van der Waals surface area contributed by atoms with Gasteiger partial charge in [0.05, 0.1) is 17.4 Å². The number of carboxylic acids is 1. The van der Waals surface area contributed by atoms with E-state index in [9.17, 15) is 9.59 Å². The molecular formula is C21H19N3O3. The smallest absolute Gasteiger partial charge is 0.335 e. The van der Waals surface area contributed by atoms with Gasteiger partial charge in [0, 0.05) is 17.9 Å². The van der Waals surface area contributed by atoms with Crippen LogP contribution in [0, 0.1) is 0 Å². The topological polar surface area (TPSA) is 84.2 Å².